The maximum absolute atomic E-state index is 12.0. The predicted molar refractivity (Wildman–Crippen MR) is 91.0 cm³/mol. The normalized spacial score (nSPS) is 10.6. The Kier molecular flexibility index (Phi) is 4.60. The average Bonchev–Trinajstić information content (AvgIpc) is 2.63. The first-order valence-electron chi connectivity index (χ1n) is 7.28. The van der Waals surface area contributed by atoms with Crippen molar-refractivity contribution in [3.05, 3.63) is 95.8 Å². The number of benzene rings is 2. The highest BCUT2D eigenvalue weighted by Gasteiger charge is 2.07. The minimum absolute atomic E-state index is 0.359. The molecule has 23 heavy (non-hydrogen) atoms. The van der Waals surface area contributed by atoms with Gasteiger partial charge < -0.3 is 4.74 Å². The van der Waals surface area contributed by atoms with Gasteiger partial charge in [-0.2, -0.15) is 0 Å². The van der Waals surface area contributed by atoms with Crippen molar-refractivity contribution in [3.8, 4) is 5.75 Å². The van der Waals surface area contributed by atoms with Gasteiger partial charge in [0.1, 0.15) is 5.75 Å². The van der Waals surface area contributed by atoms with E-state index in [-0.39, 0.29) is 5.97 Å². The number of carbonyl (C=O) groups excluding carboxylic acids is 1. The zero-order valence-corrected chi connectivity index (χ0v) is 12.4. The zero-order valence-electron chi connectivity index (χ0n) is 12.4. The number of rotatable bonds is 4. The minimum atomic E-state index is -0.359. The van der Waals surface area contributed by atoms with Gasteiger partial charge in [-0.15, -0.1) is 0 Å². The zero-order chi connectivity index (χ0) is 15.9. The van der Waals surface area contributed by atoms with Crippen molar-refractivity contribution in [1.82, 2.24) is 4.98 Å². The van der Waals surface area contributed by atoms with Crippen LogP contribution in [0.5, 0.6) is 5.75 Å². The second kappa shape index (κ2) is 7.18. The number of hydrogen-bond donors (Lipinski definition) is 0. The highest BCUT2D eigenvalue weighted by Crippen LogP contribution is 2.16. The monoisotopic (exact) mass is 301 g/mol. The fourth-order valence-electron chi connectivity index (χ4n) is 2.04. The van der Waals surface area contributed by atoms with Gasteiger partial charge in [-0.05, 0) is 48.0 Å². The van der Waals surface area contributed by atoms with Crippen LogP contribution in [-0.4, -0.2) is 11.0 Å². The van der Waals surface area contributed by atoms with Gasteiger partial charge in [0.05, 0.1) is 11.3 Å². The Morgan fingerprint density at radius 1 is 0.826 bits per heavy atom. The SMILES string of the molecule is O=C(Oc1ccc(/C=C/c2ccccn2)cc1)c1ccccc1. The Labute approximate surface area is 134 Å². The van der Waals surface area contributed by atoms with Crippen molar-refractivity contribution in [2.45, 2.75) is 0 Å². The largest absolute Gasteiger partial charge is 0.423 e. The lowest BCUT2D eigenvalue weighted by Gasteiger charge is -2.04. The van der Waals surface area contributed by atoms with Gasteiger partial charge in [0.25, 0.3) is 0 Å². The van der Waals surface area contributed by atoms with Crippen molar-refractivity contribution in [1.29, 1.82) is 0 Å². The summed E-state index contributed by atoms with van der Waals surface area (Å²) < 4.78 is 5.34. The molecular weight excluding hydrogens is 286 g/mol. The molecule has 0 atom stereocenters. The molecule has 1 aromatic heterocycles. The van der Waals surface area contributed by atoms with E-state index in [1.54, 1.807) is 30.5 Å². The van der Waals surface area contributed by atoms with Gasteiger partial charge in [-0.3, -0.25) is 4.98 Å². The third-order valence-corrected chi connectivity index (χ3v) is 3.23. The lowest BCUT2D eigenvalue weighted by atomic mass is 10.2. The number of hydrogen-bond acceptors (Lipinski definition) is 3. The van der Waals surface area contributed by atoms with Crippen LogP contribution in [0.1, 0.15) is 21.6 Å². The molecule has 0 fully saturated rings. The molecule has 3 aromatic rings. The second-order valence-corrected chi connectivity index (χ2v) is 4.91. The summed E-state index contributed by atoms with van der Waals surface area (Å²) in [5, 5.41) is 0. The lowest BCUT2D eigenvalue weighted by Crippen LogP contribution is -2.07. The van der Waals surface area contributed by atoms with Crippen LogP contribution in [0.15, 0.2) is 79.0 Å². The summed E-state index contributed by atoms with van der Waals surface area (Å²) in [5.41, 5.74) is 2.44. The smallest absolute Gasteiger partial charge is 0.343 e. The first kappa shape index (κ1) is 14.7. The molecule has 2 aromatic carbocycles. The fraction of sp³-hybridized carbons (Fsp3) is 0. The van der Waals surface area contributed by atoms with Crippen molar-refractivity contribution in [3.63, 3.8) is 0 Å². The maximum Gasteiger partial charge on any atom is 0.343 e. The van der Waals surface area contributed by atoms with Crippen LogP contribution in [0.25, 0.3) is 12.2 Å². The Bertz CT molecular complexity index is 794. The molecule has 0 spiro atoms. The minimum Gasteiger partial charge on any atom is -0.423 e. The van der Waals surface area contributed by atoms with Crippen LogP contribution in [0.3, 0.4) is 0 Å². The number of ether oxygens (including phenoxy) is 1. The van der Waals surface area contributed by atoms with Crippen molar-refractivity contribution in [2.24, 2.45) is 0 Å². The highest BCUT2D eigenvalue weighted by molar-refractivity contribution is 5.91. The third-order valence-electron chi connectivity index (χ3n) is 3.23. The van der Waals surface area contributed by atoms with E-state index < -0.39 is 0 Å². The summed E-state index contributed by atoms with van der Waals surface area (Å²) >= 11 is 0. The molecule has 0 amide bonds. The summed E-state index contributed by atoms with van der Waals surface area (Å²) in [7, 11) is 0. The molecule has 0 aliphatic heterocycles. The van der Waals surface area contributed by atoms with Crippen LogP contribution in [0.2, 0.25) is 0 Å². The van der Waals surface area contributed by atoms with E-state index >= 15 is 0 Å². The van der Waals surface area contributed by atoms with E-state index in [1.165, 1.54) is 0 Å². The second-order valence-electron chi connectivity index (χ2n) is 4.91. The van der Waals surface area contributed by atoms with E-state index in [0.717, 1.165) is 11.3 Å². The summed E-state index contributed by atoms with van der Waals surface area (Å²) in [5.74, 6) is 0.163. The molecule has 0 radical (unpaired) electrons. The van der Waals surface area contributed by atoms with Gasteiger partial charge in [0.2, 0.25) is 0 Å². The van der Waals surface area contributed by atoms with E-state index in [1.807, 2.05) is 60.7 Å². The van der Waals surface area contributed by atoms with E-state index in [4.69, 9.17) is 4.74 Å². The Balaban J connectivity index is 1.65. The number of pyridine rings is 1. The molecule has 0 aliphatic rings. The molecule has 0 saturated carbocycles. The van der Waals surface area contributed by atoms with E-state index in [9.17, 15) is 4.79 Å². The first-order chi connectivity index (χ1) is 11.3. The molecule has 3 nitrogen and oxygen atoms in total. The number of nitrogens with zero attached hydrogens (tertiary/aromatic N) is 1. The first-order valence-corrected chi connectivity index (χ1v) is 7.28. The highest BCUT2D eigenvalue weighted by atomic mass is 16.5. The molecule has 0 saturated heterocycles. The molecular formula is C20H15NO2. The third kappa shape index (κ3) is 4.14. The summed E-state index contributed by atoms with van der Waals surface area (Å²) in [6.45, 7) is 0. The van der Waals surface area contributed by atoms with Crippen LogP contribution < -0.4 is 4.74 Å². The Morgan fingerprint density at radius 3 is 2.26 bits per heavy atom. The Morgan fingerprint density at radius 2 is 1.57 bits per heavy atom. The summed E-state index contributed by atoms with van der Waals surface area (Å²) in [6.07, 6.45) is 5.65. The maximum atomic E-state index is 12.0. The predicted octanol–water partition coefficient (Wildman–Crippen LogP) is 4.47. The lowest BCUT2D eigenvalue weighted by molar-refractivity contribution is 0.0735. The number of esters is 1. The summed E-state index contributed by atoms with van der Waals surface area (Å²) in [6, 6.07) is 22.0. The van der Waals surface area contributed by atoms with Crippen LogP contribution >= 0.6 is 0 Å². The molecule has 0 aliphatic carbocycles. The van der Waals surface area contributed by atoms with E-state index in [0.29, 0.717) is 11.3 Å². The molecule has 0 unspecified atom stereocenters. The van der Waals surface area contributed by atoms with Gasteiger partial charge >= 0.3 is 5.97 Å². The quantitative estimate of drug-likeness (QED) is 0.527. The van der Waals surface area contributed by atoms with Gasteiger partial charge in [-0.1, -0.05) is 42.5 Å². The average molecular weight is 301 g/mol. The molecule has 3 rings (SSSR count). The van der Waals surface area contributed by atoms with Crippen LogP contribution in [-0.2, 0) is 0 Å². The van der Waals surface area contributed by atoms with Gasteiger partial charge in [0, 0.05) is 6.20 Å². The van der Waals surface area contributed by atoms with E-state index in [2.05, 4.69) is 4.98 Å². The van der Waals surface area contributed by atoms with Crippen LogP contribution in [0.4, 0.5) is 0 Å². The van der Waals surface area contributed by atoms with Gasteiger partial charge in [0.15, 0.2) is 0 Å². The topological polar surface area (TPSA) is 39.2 Å². The standard InChI is InChI=1S/C20H15NO2/c22-20(17-6-2-1-3-7-17)23-19-13-10-16(11-14-19)9-12-18-8-4-5-15-21-18/h1-15H/b12-9+. The molecule has 0 N–H and O–H groups in total. The van der Waals surface area contributed by atoms with Crippen molar-refractivity contribution < 1.29 is 9.53 Å². The molecule has 0 bridgehead atoms. The summed E-state index contributed by atoms with van der Waals surface area (Å²) in [4.78, 5) is 16.2. The number of carbonyl (C=O) groups is 1. The number of aromatic nitrogens is 1. The fourth-order valence-corrected chi connectivity index (χ4v) is 2.04. The van der Waals surface area contributed by atoms with Crippen LogP contribution in [0, 0.1) is 0 Å². The Hall–Kier alpha value is -3.20. The van der Waals surface area contributed by atoms with Gasteiger partial charge in [-0.25, -0.2) is 4.79 Å². The van der Waals surface area contributed by atoms with Crippen molar-refractivity contribution >= 4 is 18.1 Å². The molecule has 3 heteroatoms. The molecule has 112 valence electrons. The van der Waals surface area contributed by atoms with Crippen molar-refractivity contribution in [2.75, 3.05) is 0 Å². The molecule has 1 heterocycles.